The molecule has 1 heterocycles. The summed E-state index contributed by atoms with van der Waals surface area (Å²) in [5.74, 6) is -1.46. The topological polar surface area (TPSA) is 61.2 Å². The SMILES string of the molecule is CCOC(=O)/C(=C/c1cn(-c2ccccc2)nc1-c1ccc(F)cc1)C(C)=O. The van der Waals surface area contributed by atoms with Crippen molar-refractivity contribution in [3.8, 4) is 16.9 Å². The van der Waals surface area contributed by atoms with Gasteiger partial charge in [-0.2, -0.15) is 5.10 Å². The summed E-state index contributed by atoms with van der Waals surface area (Å²) in [5, 5.41) is 4.58. The third-order valence-corrected chi connectivity index (χ3v) is 4.06. The normalized spacial score (nSPS) is 11.3. The number of ether oxygens (including phenoxy) is 1. The van der Waals surface area contributed by atoms with Crippen LogP contribution in [0.25, 0.3) is 23.0 Å². The van der Waals surface area contributed by atoms with E-state index in [1.807, 2.05) is 30.3 Å². The Morgan fingerprint density at radius 1 is 1.11 bits per heavy atom. The van der Waals surface area contributed by atoms with Crippen LogP contribution in [0.3, 0.4) is 0 Å². The van der Waals surface area contributed by atoms with Crippen molar-refractivity contribution in [2.45, 2.75) is 13.8 Å². The quantitative estimate of drug-likeness (QED) is 0.279. The summed E-state index contributed by atoms with van der Waals surface area (Å²) < 4.78 is 20.0. The molecule has 0 aliphatic rings. The molecule has 2 aromatic carbocycles. The number of ketones is 1. The molecule has 0 atom stereocenters. The van der Waals surface area contributed by atoms with Gasteiger partial charge in [0.05, 0.1) is 18.0 Å². The molecule has 3 aromatic rings. The summed E-state index contributed by atoms with van der Waals surface area (Å²) >= 11 is 0. The number of carbonyl (C=O) groups is 2. The van der Waals surface area contributed by atoms with Crippen molar-refractivity contribution in [1.82, 2.24) is 9.78 Å². The van der Waals surface area contributed by atoms with Crippen LogP contribution in [0.4, 0.5) is 4.39 Å². The molecule has 0 saturated heterocycles. The summed E-state index contributed by atoms with van der Waals surface area (Å²) in [5.41, 5.74) is 2.47. The highest BCUT2D eigenvalue weighted by Crippen LogP contribution is 2.26. The molecule has 0 saturated carbocycles. The summed E-state index contributed by atoms with van der Waals surface area (Å²) in [7, 11) is 0. The highest BCUT2D eigenvalue weighted by atomic mass is 19.1. The number of halogens is 1. The molecule has 0 amide bonds. The van der Waals surface area contributed by atoms with Gasteiger partial charge in [-0.3, -0.25) is 4.79 Å². The second kappa shape index (κ2) is 8.43. The lowest BCUT2D eigenvalue weighted by atomic mass is 10.0. The lowest BCUT2D eigenvalue weighted by molar-refractivity contribution is -0.139. The van der Waals surface area contributed by atoms with Gasteiger partial charge in [-0.15, -0.1) is 0 Å². The maximum absolute atomic E-state index is 13.3. The molecule has 5 nitrogen and oxygen atoms in total. The second-order valence-electron chi connectivity index (χ2n) is 6.05. The zero-order chi connectivity index (χ0) is 20.1. The molecular formula is C22H19FN2O3. The van der Waals surface area contributed by atoms with E-state index >= 15 is 0 Å². The summed E-state index contributed by atoms with van der Waals surface area (Å²) in [6.07, 6.45) is 3.18. The van der Waals surface area contributed by atoms with Crippen LogP contribution in [0.2, 0.25) is 0 Å². The number of aromatic nitrogens is 2. The van der Waals surface area contributed by atoms with Gasteiger partial charge >= 0.3 is 5.97 Å². The summed E-state index contributed by atoms with van der Waals surface area (Å²) in [4.78, 5) is 24.2. The van der Waals surface area contributed by atoms with Gasteiger partial charge < -0.3 is 4.74 Å². The largest absolute Gasteiger partial charge is 0.462 e. The fourth-order valence-corrected chi connectivity index (χ4v) is 2.71. The Hall–Kier alpha value is -3.54. The Balaban J connectivity index is 2.16. The van der Waals surface area contributed by atoms with E-state index in [1.165, 1.54) is 25.1 Å². The highest BCUT2D eigenvalue weighted by molar-refractivity contribution is 6.20. The lowest BCUT2D eigenvalue weighted by Gasteiger charge is -2.04. The van der Waals surface area contributed by atoms with Crippen molar-refractivity contribution in [2.75, 3.05) is 6.61 Å². The first kappa shape index (κ1) is 19.2. The number of hydrogen-bond donors (Lipinski definition) is 0. The Labute approximate surface area is 162 Å². The molecule has 0 aliphatic heterocycles. The smallest absolute Gasteiger partial charge is 0.341 e. The van der Waals surface area contributed by atoms with Gasteiger partial charge in [-0.25, -0.2) is 13.9 Å². The van der Waals surface area contributed by atoms with Gasteiger partial charge in [0.15, 0.2) is 5.78 Å². The van der Waals surface area contributed by atoms with Gasteiger partial charge in [-0.05, 0) is 56.3 Å². The average molecular weight is 378 g/mol. The molecule has 1 aromatic heterocycles. The molecule has 28 heavy (non-hydrogen) atoms. The van der Waals surface area contributed by atoms with Gasteiger partial charge in [0.1, 0.15) is 11.4 Å². The van der Waals surface area contributed by atoms with Crippen LogP contribution < -0.4 is 0 Å². The van der Waals surface area contributed by atoms with Crippen molar-refractivity contribution in [3.63, 3.8) is 0 Å². The predicted octanol–water partition coefficient (Wildman–Crippen LogP) is 4.21. The van der Waals surface area contributed by atoms with Crippen LogP contribution in [-0.4, -0.2) is 28.1 Å². The lowest BCUT2D eigenvalue weighted by Crippen LogP contribution is -2.13. The first-order chi connectivity index (χ1) is 13.5. The molecule has 0 N–H and O–H groups in total. The standard InChI is InChI=1S/C22H19FN2O3/c1-3-28-22(27)20(15(2)26)13-17-14-25(19-7-5-4-6-8-19)24-21(17)16-9-11-18(23)12-10-16/h4-14H,3H2,1-2H3/b20-13+. The van der Waals surface area contributed by atoms with E-state index in [4.69, 9.17) is 4.74 Å². The van der Waals surface area contributed by atoms with E-state index in [9.17, 15) is 14.0 Å². The molecule has 3 rings (SSSR count). The number of rotatable bonds is 6. The maximum atomic E-state index is 13.3. The monoisotopic (exact) mass is 378 g/mol. The zero-order valence-corrected chi connectivity index (χ0v) is 15.6. The number of hydrogen-bond acceptors (Lipinski definition) is 4. The van der Waals surface area contributed by atoms with Gasteiger partial charge in [-0.1, -0.05) is 18.2 Å². The summed E-state index contributed by atoms with van der Waals surface area (Å²) in [6, 6.07) is 15.3. The molecule has 0 bridgehead atoms. The van der Waals surface area contributed by atoms with Crippen LogP contribution in [0.15, 0.2) is 66.4 Å². The molecule has 0 spiro atoms. The van der Waals surface area contributed by atoms with Crippen LogP contribution in [0, 0.1) is 5.82 Å². The van der Waals surface area contributed by atoms with Gasteiger partial charge in [0, 0.05) is 17.3 Å². The zero-order valence-electron chi connectivity index (χ0n) is 15.6. The maximum Gasteiger partial charge on any atom is 0.341 e. The minimum absolute atomic E-state index is 0.0715. The highest BCUT2D eigenvalue weighted by Gasteiger charge is 2.19. The Kier molecular flexibility index (Phi) is 5.79. The predicted molar refractivity (Wildman–Crippen MR) is 104 cm³/mol. The molecule has 0 radical (unpaired) electrons. The first-order valence-corrected chi connectivity index (χ1v) is 8.80. The average Bonchev–Trinajstić information content (AvgIpc) is 3.11. The minimum Gasteiger partial charge on any atom is -0.462 e. The number of benzene rings is 2. The van der Waals surface area contributed by atoms with Crippen molar-refractivity contribution in [1.29, 1.82) is 0 Å². The van der Waals surface area contributed by atoms with E-state index in [2.05, 4.69) is 5.10 Å². The van der Waals surface area contributed by atoms with Crippen molar-refractivity contribution in [3.05, 3.63) is 77.7 Å². The third kappa shape index (κ3) is 4.23. The fraction of sp³-hybridized carbons (Fsp3) is 0.136. The van der Waals surface area contributed by atoms with Crippen molar-refractivity contribution >= 4 is 17.8 Å². The van der Waals surface area contributed by atoms with E-state index < -0.39 is 11.8 Å². The van der Waals surface area contributed by atoms with Crippen LogP contribution >= 0.6 is 0 Å². The second-order valence-corrected chi connectivity index (χ2v) is 6.05. The van der Waals surface area contributed by atoms with E-state index in [0.29, 0.717) is 16.8 Å². The van der Waals surface area contributed by atoms with E-state index in [1.54, 1.807) is 29.9 Å². The molecule has 142 valence electrons. The number of esters is 1. The first-order valence-electron chi connectivity index (χ1n) is 8.80. The molecule has 6 heteroatoms. The molecule has 0 aliphatic carbocycles. The molecular weight excluding hydrogens is 359 g/mol. The summed E-state index contributed by atoms with van der Waals surface area (Å²) in [6.45, 7) is 3.15. The Morgan fingerprint density at radius 2 is 1.79 bits per heavy atom. The van der Waals surface area contributed by atoms with Crippen LogP contribution in [0.5, 0.6) is 0 Å². The third-order valence-electron chi connectivity index (χ3n) is 4.06. The number of Topliss-reactive ketones (excluding diaryl/α,β-unsaturated/α-hetero) is 1. The Morgan fingerprint density at radius 3 is 2.39 bits per heavy atom. The van der Waals surface area contributed by atoms with Gasteiger partial charge in [0.2, 0.25) is 0 Å². The van der Waals surface area contributed by atoms with Crippen LogP contribution in [-0.2, 0) is 14.3 Å². The fourth-order valence-electron chi connectivity index (χ4n) is 2.71. The molecule has 0 unspecified atom stereocenters. The number of nitrogens with zero attached hydrogens (tertiary/aromatic N) is 2. The van der Waals surface area contributed by atoms with E-state index in [0.717, 1.165) is 5.69 Å². The number of carbonyl (C=O) groups excluding carboxylic acids is 2. The Bertz CT molecular complexity index is 1020. The molecule has 0 fully saturated rings. The van der Waals surface area contributed by atoms with Crippen LogP contribution in [0.1, 0.15) is 19.4 Å². The minimum atomic E-state index is -0.687. The van der Waals surface area contributed by atoms with Gasteiger partial charge in [0.25, 0.3) is 0 Å². The van der Waals surface area contributed by atoms with Crippen molar-refractivity contribution < 1.29 is 18.7 Å². The number of para-hydroxylation sites is 1. The van der Waals surface area contributed by atoms with E-state index in [-0.39, 0.29) is 18.0 Å². The van der Waals surface area contributed by atoms with Crippen molar-refractivity contribution in [2.24, 2.45) is 0 Å².